The van der Waals surface area contributed by atoms with Crippen molar-refractivity contribution in [3.05, 3.63) is 46.8 Å². The van der Waals surface area contributed by atoms with Gasteiger partial charge in [-0.2, -0.15) is 5.26 Å². The monoisotopic (exact) mass is 257 g/mol. The molecule has 0 fully saturated rings. The average molecular weight is 257 g/mol. The molecule has 2 rings (SSSR count). The molecule has 0 bridgehead atoms. The molecule has 0 amide bonds. The van der Waals surface area contributed by atoms with Gasteiger partial charge in [0.05, 0.1) is 10.7 Å². The van der Waals surface area contributed by atoms with Crippen molar-refractivity contribution in [1.29, 1.82) is 5.26 Å². The summed E-state index contributed by atoms with van der Waals surface area (Å²) in [6.07, 6.45) is 0. The van der Waals surface area contributed by atoms with Crippen molar-refractivity contribution in [2.45, 2.75) is 12.8 Å². The first-order valence-electron chi connectivity index (χ1n) is 5.79. The summed E-state index contributed by atoms with van der Waals surface area (Å²) in [5, 5.41) is 13.1. The van der Waals surface area contributed by atoms with E-state index < -0.39 is 0 Å². The number of anilines is 2. The Kier molecular flexibility index (Phi) is 3.85. The van der Waals surface area contributed by atoms with Crippen molar-refractivity contribution in [1.82, 2.24) is 0 Å². The molecule has 0 radical (unpaired) electrons. The maximum absolute atomic E-state index is 8.84. The lowest BCUT2D eigenvalue weighted by Crippen LogP contribution is -2.08. The first-order valence-corrected chi connectivity index (χ1v) is 6.60. The lowest BCUT2D eigenvalue weighted by Gasteiger charge is -2.12. The van der Waals surface area contributed by atoms with Crippen LogP contribution in [0.25, 0.3) is 0 Å². The molecule has 3 nitrogen and oxygen atoms in total. The van der Waals surface area contributed by atoms with Crippen molar-refractivity contribution >= 4 is 22.0 Å². The average Bonchev–Trinajstić information content (AvgIpc) is 2.77. The molecule has 3 N–H and O–H groups in total. The van der Waals surface area contributed by atoms with E-state index in [1.54, 1.807) is 0 Å². The van der Waals surface area contributed by atoms with Crippen LogP contribution in [0.15, 0.2) is 36.4 Å². The summed E-state index contributed by atoms with van der Waals surface area (Å²) in [7, 11) is 0. The number of benzene rings is 1. The summed E-state index contributed by atoms with van der Waals surface area (Å²) in [5.41, 5.74) is 7.57. The van der Waals surface area contributed by atoms with Gasteiger partial charge in [-0.1, -0.05) is 37.3 Å². The van der Waals surface area contributed by atoms with E-state index in [1.165, 1.54) is 16.9 Å². The number of nitriles is 1. The molecule has 0 aliphatic rings. The zero-order chi connectivity index (χ0) is 13.0. The molecule has 0 saturated heterocycles. The van der Waals surface area contributed by atoms with Crippen LogP contribution in [0.4, 0.5) is 10.7 Å². The number of hydrogen-bond acceptors (Lipinski definition) is 4. The van der Waals surface area contributed by atoms with Crippen LogP contribution >= 0.6 is 11.3 Å². The predicted molar refractivity (Wildman–Crippen MR) is 76.8 cm³/mol. The minimum atomic E-state index is 0.417. The number of nitrogens with zero attached hydrogens (tertiary/aromatic N) is 1. The van der Waals surface area contributed by atoms with E-state index in [-0.39, 0.29) is 0 Å². The Hall–Kier alpha value is -1.99. The first-order chi connectivity index (χ1) is 8.70. The van der Waals surface area contributed by atoms with E-state index in [0.29, 0.717) is 16.5 Å². The third kappa shape index (κ3) is 2.82. The van der Waals surface area contributed by atoms with Gasteiger partial charge in [0.25, 0.3) is 0 Å². The van der Waals surface area contributed by atoms with Gasteiger partial charge in [-0.25, -0.2) is 0 Å². The second-order valence-electron chi connectivity index (χ2n) is 4.20. The van der Waals surface area contributed by atoms with Gasteiger partial charge >= 0.3 is 0 Å². The second-order valence-corrected chi connectivity index (χ2v) is 5.25. The van der Waals surface area contributed by atoms with Crippen molar-refractivity contribution < 1.29 is 0 Å². The van der Waals surface area contributed by atoms with Gasteiger partial charge in [0.2, 0.25) is 0 Å². The summed E-state index contributed by atoms with van der Waals surface area (Å²) < 4.78 is 0. The van der Waals surface area contributed by atoms with Crippen molar-refractivity contribution in [2.24, 2.45) is 0 Å². The number of thiophene rings is 1. The molecule has 1 aromatic heterocycles. The minimum Gasteiger partial charge on any atom is -0.397 e. The molecule has 18 heavy (non-hydrogen) atoms. The molecule has 92 valence electrons. The summed E-state index contributed by atoms with van der Waals surface area (Å²) in [4.78, 5) is 0.574. The summed E-state index contributed by atoms with van der Waals surface area (Å²) in [5.74, 6) is 0.417. The Labute approximate surface area is 111 Å². The van der Waals surface area contributed by atoms with E-state index >= 15 is 0 Å². The second kappa shape index (κ2) is 5.56. The van der Waals surface area contributed by atoms with Gasteiger partial charge in [-0.05, 0) is 17.5 Å². The van der Waals surface area contributed by atoms with E-state index in [4.69, 9.17) is 11.0 Å². The fourth-order valence-electron chi connectivity index (χ4n) is 1.73. The van der Waals surface area contributed by atoms with Gasteiger partial charge in [-0.3, -0.25) is 0 Å². The summed E-state index contributed by atoms with van der Waals surface area (Å²) in [6.45, 7) is 3.00. The zero-order valence-corrected chi connectivity index (χ0v) is 11.0. The fraction of sp³-hybridized carbons (Fsp3) is 0.214. The molecule has 1 heterocycles. The van der Waals surface area contributed by atoms with Crippen molar-refractivity contribution in [3.63, 3.8) is 0 Å². The summed E-state index contributed by atoms with van der Waals surface area (Å²) >= 11 is 1.40. The standard InChI is InChI=1S/C14H15N3S/c1-10(11-5-3-2-4-6-11)9-17-14-7-12(16)13(8-15)18-14/h2-7,10,17H,9,16H2,1H3. The van der Waals surface area contributed by atoms with Crippen molar-refractivity contribution in [3.8, 4) is 6.07 Å². The minimum absolute atomic E-state index is 0.417. The quantitative estimate of drug-likeness (QED) is 0.882. The molecule has 1 unspecified atom stereocenters. The maximum Gasteiger partial charge on any atom is 0.129 e. The number of hydrogen-bond donors (Lipinski definition) is 2. The van der Waals surface area contributed by atoms with Gasteiger partial charge in [0.1, 0.15) is 10.9 Å². The largest absolute Gasteiger partial charge is 0.397 e. The Morgan fingerprint density at radius 1 is 1.39 bits per heavy atom. The predicted octanol–water partition coefficient (Wildman–Crippen LogP) is 3.42. The molecular formula is C14H15N3S. The van der Waals surface area contributed by atoms with Crippen LogP contribution < -0.4 is 11.1 Å². The van der Waals surface area contributed by atoms with Crippen LogP contribution in [0.5, 0.6) is 0 Å². The highest BCUT2D eigenvalue weighted by molar-refractivity contribution is 7.17. The maximum atomic E-state index is 8.84. The number of nitrogens with one attached hydrogen (secondary N) is 1. The van der Waals surface area contributed by atoms with Crippen LogP contribution in [-0.2, 0) is 0 Å². The van der Waals surface area contributed by atoms with Crippen molar-refractivity contribution in [2.75, 3.05) is 17.6 Å². The van der Waals surface area contributed by atoms with Crippen LogP contribution in [0.3, 0.4) is 0 Å². The lowest BCUT2D eigenvalue weighted by atomic mass is 10.0. The van der Waals surface area contributed by atoms with E-state index in [0.717, 1.165) is 11.5 Å². The Bertz CT molecular complexity index is 554. The molecule has 0 saturated carbocycles. The molecular weight excluding hydrogens is 242 g/mol. The van der Waals surface area contributed by atoms with Crippen LogP contribution in [0.1, 0.15) is 23.3 Å². The van der Waals surface area contributed by atoms with Crippen LogP contribution in [-0.4, -0.2) is 6.54 Å². The van der Waals surface area contributed by atoms with Crippen LogP contribution in [0, 0.1) is 11.3 Å². The SMILES string of the molecule is CC(CNc1cc(N)c(C#N)s1)c1ccccc1. The highest BCUT2D eigenvalue weighted by atomic mass is 32.1. The summed E-state index contributed by atoms with van der Waals surface area (Å²) in [6, 6.07) is 14.3. The molecule has 4 heteroatoms. The zero-order valence-electron chi connectivity index (χ0n) is 10.2. The normalized spacial score (nSPS) is 11.8. The third-order valence-corrected chi connectivity index (χ3v) is 3.83. The number of rotatable bonds is 4. The van der Waals surface area contributed by atoms with Gasteiger partial charge < -0.3 is 11.1 Å². The van der Waals surface area contributed by atoms with E-state index in [1.807, 2.05) is 24.3 Å². The number of nitrogens with two attached hydrogens (primary N) is 1. The highest BCUT2D eigenvalue weighted by Crippen LogP contribution is 2.28. The molecule has 0 aliphatic heterocycles. The number of nitrogen functional groups attached to an aromatic ring is 1. The van der Waals surface area contributed by atoms with Crippen LogP contribution in [0.2, 0.25) is 0 Å². The highest BCUT2D eigenvalue weighted by Gasteiger charge is 2.08. The molecule has 1 atom stereocenters. The first kappa shape index (κ1) is 12.5. The lowest BCUT2D eigenvalue weighted by molar-refractivity contribution is 0.807. The molecule has 0 spiro atoms. The Morgan fingerprint density at radius 3 is 2.72 bits per heavy atom. The van der Waals surface area contributed by atoms with E-state index in [2.05, 4.69) is 30.4 Å². The molecule has 2 aromatic rings. The molecule has 1 aromatic carbocycles. The topological polar surface area (TPSA) is 61.8 Å². The Morgan fingerprint density at radius 2 is 2.11 bits per heavy atom. The third-order valence-electron chi connectivity index (χ3n) is 2.81. The van der Waals surface area contributed by atoms with Gasteiger partial charge in [0.15, 0.2) is 0 Å². The van der Waals surface area contributed by atoms with Gasteiger partial charge in [-0.15, -0.1) is 11.3 Å². The fourth-order valence-corrected chi connectivity index (χ4v) is 2.52. The Balaban J connectivity index is 1.97. The smallest absolute Gasteiger partial charge is 0.129 e. The molecule has 0 aliphatic carbocycles. The van der Waals surface area contributed by atoms with Gasteiger partial charge in [0, 0.05) is 6.54 Å². The van der Waals surface area contributed by atoms with E-state index in [9.17, 15) is 0 Å².